The van der Waals surface area contributed by atoms with Gasteiger partial charge in [0.25, 0.3) is 0 Å². The third-order valence-corrected chi connectivity index (χ3v) is 3.95. The third-order valence-electron chi connectivity index (χ3n) is 3.95. The van der Waals surface area contributed by atoms with Gasteiger partial charge in [0.05, 0.1) is 31.0 Å². The number of carbonyl (C=O) groups is 4. The van der Waals surface area contributed by atoms with E-state index < -0.39 is 23.8 Å². The Labute approximate surface area is 161 Å². The first kappa shape index (κ1) is 20.6. The molecule has 8 nitrogen and oxygen atoms in total. The molecule has 0 aliphatic carbocycles. The van der Waals surface area contributed by atoms with Crippen LogP contribution < -0.4 is 10.6 Å². The molecule has 146 valence electrons. The Morgan fingerprint density at radius 2 is 1.43 bits per heavy atom. The zero-order chi connectivity index (χ0) is 20.7. The number of benzene rings is 2. The molecule has 8 heteroatoms. The van der Waals surface area contributed by atoms with Crippen molar-refractivity contribution in [3.8, 4) is 0 Å². The van der Waals surface area contributed by atoms with Crippen LogP contribution in [0.5, 0.6) is 0 Å². The van der Waals surface area contributed by atoms with Gasteiger partial charge in [-0.2, -0.15) is 0 Å². The highest BCUT2D eigenvalue weighted by Gasteiger charge is 2.21. The zero-order valence-corrected chi connectivity index (χ0v) is 15.7. The Bertz CT molecular complexity index is 923. The van der Waals surface area contributed by atoms with Crippen molar-refractivity contribution in [1.82, 2.24) is 0 Å². The summed E-state index contributed by atoms with van der Waals surface area (Å²) in [5, 5.41) is 4.88. The fourth-order valence-corrected chi connectivity index (χ4v) is 2.49. The molecule has 2 aromatic rings. The standard InChI is InChI=1S/C20H20N2O6/c1-4-12-7-5-6-8-15(12)21-17(23)18(24)22-16-11-13(19(25)27-2)9-10-14(16)20(26)28-3/h5-11H,4H2,1-3H3,(H,21,23)(H,22,24). The monoisotopic (exact) mass is 384 g/mol. The van der Waals surface area contributed by atoms with Crippen molar-refractivity contribution < 1.29 is 28.7 Å². The number of esters is 2. The van der Waals surface area contributed by atoms with Crippen LogP contribution in [0.1, 0.15) is 33.2 Å². The number of rotatable bonds is 5. The number of hydrogen-bond donors (Lipinski definition) is 2. The van der Waals surface area contributed by atoms with Gasteiger partial charge in [0.1, 0.15) is 0 Å². The number of hydrogen-bond acceptors (Lipinski definition) is 6. The number of amides is 2. The molecule has 0 spiro atoms. The summed E-state index contributed by atoms with van der Waals surface area (Å²) >= 11 is 0. The van der Waals surface area contributed by atoms with E-state index in [1.54, 1.807) is 12.1 Å². The third kappa shape index (κ3) is 4.73. The summed E-state index contributed by atoms with van der Waals surface area (Å²) in [6.07, 6.45) is 0.672. The highest BCUT2D eigenvalue weighted by atomic mass is 16.5. The minimum atomic E-state index is -1.00. The number of nitrogens with one attached hydrogen (secondary N) is 2. The number of carbonyl (C=O) groups excluding carboxylic acids is 4. The van der Waals surface area contributed by atoms with Crippen LogP contribution >= 0.6 is 0 Å². The van der Waals surface area contributed by atoms with E-state index in [1.807, 2.05) is 19.1 Å². The van der Waals surface area contributed by atoms with Crippen molar-refractivity contribution in [2.24, 2.45) is 0 Å². The number of para-hydroxylation sites is 1. The fourth-order valence-electron chi connectivity index (χ4n) is 2.49. The molecule has 0 heterocycles. The Kier molecular flexibility index (Phi) is 6.86. The van der Waals surface area contributed by atoms with Gasteiger partial charge >= 0.3 is 23.8 Å². The molecular weight excluding hydrogens is 364 g/mol. The van der Waals surface area contributed by atoms with E-state index in [2.05, 4.69) is 20.1 Å². The maximum Gasteiger partial charge on any atom is 0.339 e. The van der Waals surface area contributed by atoms with Gasteiger partial charge in [0.15, 0.2) is 0 Å². The van der Waals surface area contributed by atoms with E-state index in [-0.39, 0.29) is 16.8 Å². The van der Waals surface area contributed by atoms with Crippen LogP contribution in [0.4, 0.5) is 11.4 Å². The Morgan fingerprint density at radius 3 is 2.04 bits per heavy atom. The Morgan fingerprint density at radius 1 is 0.821 bits per heavy atom. The first-order valence-corrected chi connectivity index (χ1v) is 8.42. The highest BCUT2D eigenvalue weighted by molar-refractivity contribution is 6.44. The van der Waals surface area contributed by atoms with Crippen LogP contribution in [0, 0.1) is 0 Å². The molecule has 0 saturated carbocycles. The van der Waals surface area contributed by atoms with E-state index in [0.29, 0.717) is 12.1 Å². The summed E-state index contributed by atoms with van der Waals surface area (Å²) in [6.45, 7) is 1.92. The summed E-state index contributed by atoms with van der Waals surface area (Å²) in [5.74, 6) is -3.31. The molecule has 2 rings (SSSR count). The van der Waals surface area contributed by atoms with Crippen LogP contribution in [-0.4, -0.2) is 38.0 Å². The van der Waals surface area contributed by atoms with E-state index in [0.717, 1.165) is 5.56 Å². The molecule has 0 saturated heterocycles. The highest BCUT2D eigenvalue weighted by Crippen LogP contribution is 2.20. The summed E-state index contributed by atoms with van der Waals surface area (Å²) in [7, 11) is 2.38. The Hall–Kier alpha value is -3.68. The maximum absolute atomic E-state index is 12.3. The molecule has 0 fully saturated rings. The second-order valence-electron chi connectivity index (χ2n) is 5.66. The van der Waals surface area contributed by atoms with Gasteiger partial charge in [0, 0.05) is 5.69 Å². The summed E-state index contributed by atoms with van der Waals surface area (Å²) in [6, 6.07) is 11.0. The van der Waals surface area contributed by atoms with Crippen molar-refractivity contribution in [2.45, 2.75) is 13.3 Å². The molecule has 0 aromatic heterocycles. The molecular formula is C20H20N2O6. The van der Waals surface area contributed by atoms with Crippen LogP contribution in [0.25, 0.3) is 0 Å². The molecule has 0 radical (unpaired) electrons. The largest absolute Gasteiger partial charge is 0.465 e. The second kappa shape index (κ2) is 9.31. The van der Waals surface area contributed by atoms with E-state index >= 15 is 0 Å². The van der Waals surface area contributed by atoms with Crippen molar-refractivity contribution in [1.29, 1.82) is 0 Å². The topological polar surface area (TPSA) is 111 Å². The van der Waals surface area contributed by atoms with Gasteiger partial charge in [-0.1, -0.05) is 25.1 Å². The lowest BCUT2D eigenvalue weighted by molar-refractivity contribution is -0.133. The van der Waals surface area contributed by atoms with Gasteiger partial charge in [-0.3, -0.25) is 9.59 Å². The molecule has 0 bridgehead atoms. The number of aryl methyl sites for hydroxylation is 1. The molecule has 2 amide bonds. The van der Waals surface area contributed by atoms with Gasteiger partial charge in [-0.25, -0.2) is 9.59 Å². The molecule has 28 heavy (non-hydrogen) atoms. The quantitative estimate of drug-likeness (QED) is 0.605. The van der Waals surface area contributed by atoms with E-state index in [4.69, 9.17) is 0 Å². The predicted molar refractivity (Wildman–Crippen MR) is 102 cm³/mol. The van der Waals surface area contributed by atoms with Crippen molar-refractivity contribution in [3.63, 3.8) is 0 Å². The Balaban J connectivity index is 2.26. The number of anilines is 2. The normalized spacial score (nSPS) is 9.96. The lowest BCUT2D eigenvalue weighted by Crippen LogP contribution is -2.30. The predicted octanol–water partition coefficient (Wildman–Crippen LogP) is 2.40. The summed E-state index contributed by atoms with van der Waals surface area (Å²) < 4.78 is 9.29. The maximum atomic E-state index is 12.3. The number of ether oxygens (including phenoxy) is 2. The van der Waals surface area contributed by atoms with E-state index in [9.17, 15) is 19.2 Å². The van der Waals surface area contributed by atoms with Crippen LogP contribution in [-0.2, 0) is 25.5 Å². The first-order chi connectivity index (χ1) is 13.4. The van der Waals surface area contributed by atoms with Crippen LogP contribution in [0.3, 0.4) is 0 Å². The average molecular weight is 384 g/mol. The molecule has 2 N–H and O–H groups in total. The lowest BCUT2D eigenvalue weighted by atomic mass is 10.1. The van der Waals surface area contributed by atoms with Gasteiger partial charge in [0.2, 0.25) is 0 Å². The summed E-state index contributed by atoms with van der Waals surface area (Å²) in [4.78, 5) is 48.3. The van der Waals surface area contributed by atoms with Crippen molar-refractivity contribution in [2.75, 3.05) is 24.9 Å². The van der Waals surface area contributed by atoms with E-state index in [1.165, 1.54) is 32.4 Å². The lowest BCUT2D eigenvalue weighted by Gasteiger charge is -2.12. The smallest absolute Gasteiger partial charge is 0.339 e. The van der Waals surface area contributed by atoms with Gasteiger partial charge in [-0.15, -0.1) is 0 Å². The molecule has 2 aromatic carbocycles. The molecule has 0 atom stereocenters. The minimum Gasteiger partial charge on any atom is -0.465 e. The average Bonchev–Trinajstić information content (AvgIpc) is 2.72. The van der Waals surface area contributed by atoms with Gasteiger partial charge < -0.3 is 20.1 Å². The fraction of sp³-hybridized carbons (Fsp3) is 0.200. The second-order valence-corrected chi connectivity index (χ2v) is 5.66. The first-order valence-electron chi connectivity index (χ1n) is 8.42. The molecule has 0 aliphatic heterocycles. The SMILES string of the molecule is CCc1ccccc1NC(=O)C(=O)Nc1cc(C(=O)OC)ccc1C(=O)OC. The zero-order valence-electron chi connectivity index (χ0n) is 15.7. The van der Waals surface area contributed by atoms with Crippen LogP contribution in [0.2, 0.25) is 0 Å². The number of methoxy groups -OCH3 is 2. The van der Waals surface area contributed by atoms with Crippen LogP contribution in [0.15, 0.2) is 42.5 Å². The summed E-state index contributed by atoms with van der Waals surface area (Å²) in [5.41, 5.74) is 1.43. The van der Waals surface area contributed by atoms with Crippen molar-refractivity contribution in [3.05, 3.63) is 59.2 Å². The molecule has 0 aliphatic rings. The van der Waals surface area contributed by atoms with Crippen molar-refractivity contribution >= 4 is 35.1 Å². The minimum absolute atomic E-state index is 0.00902. The van der Waals surface area contributed by atoms with Gasteiger partial charge in [-0.05, 0) is 36.2 Å². The molecule has 0 unspecified atom stereocenters.